The molecule has 0 saturated heterocycles. The number of methoxy groups -OCH3 is 1. The molecule has 0 bridgehead atoms. The van der Waals surface area contributed by atoms with Crippen molar-refractivity contribution in [3.05, 3.63) is 41.6 Å². The summed E-state index contributed by atoms with van der Waals surface area (Å²) in [5.74, 6) is 1.60. The molecule has 1 aromatic heterocycles. The molecule has 6 heteroatoms. The highest BCUT2D eigenvalue weighted by atomic mass is 16.5. The number of benzene rings is 1. The van der Waals surface area contributed by atoms with Gasteiger partial charge in [-0.3, -0.25) is 4.79 Å². The van der Waals surface area contributed by atoms with Gasteiger partial charge >= 0.3 is 0 Å². The van der Waals surface area contributed by atoms with Gasteiger partial charge < -0.3 is 14.5 Å². The zero-order chi connectivity index (χ0) is 17.1. The molecule has 6 nitrogen and oxygen atoms in total. The van der Waals surface area contributed by atoms with Gasteiger partial charge in [0.2, 0.25) is 5.91 Å². The Balaban J connectivity index is 1.99. The van der Waals surface area contributed by atoms with Crippen LogP contribution < -0.4 is 4.90 Å². The number of hydrogen-bond acceptors (Lipinski definition) is 5. The Morgan fingerprint density at radius 2 is 2.00 bits per heavy atom. The van der Waals surface area contributed by atoms with Crippen LogP contribution in [0.4, 0.5) is 5.82 Å². The van der Waals surface area contributed by atoms with Crippen molar-refractivity contribution in [2.75, 3.05) is 39.3 Å². The average Bonchev–Trinajstić information content (AvgIpc) is 2.61. The van der Waals surface area contributed by atoms with E-state index in [0.29, 0.717) is 13.1 Å². The summed E-state index contributed by atoms with van der Waals surface area (Å²) in [7, 11) is 5.47. The highest BCUT2D eigenvalue weighted by molar-refractivity contribution is 5.78. The van der Waals surface area contributed by atoms with Gasteiger partial charge in [0.1, 0.15) is 12.4 Å². The average molecular weight is 326 g/mol. The maximum Gasteiger partial charge on any atom is 0.248 e. The minimum absolute atomic E-state index is 0.00000738. The van der Waals surface area contributed by atoms with E-state index < -0.39 is 0 Å². The van der Waals surface area contributed by atoms with Crippen molar-refractivity contribution in [3.8, 4) is 11.4 Å². The molecule has 0 radical (unpaired) electrons. The number of aromatic nitrogens is 2. The quantitative estimate of drug-likeness (QED) is 0.856. The molecule has 0 saturated carbocycles. The molecule has 126 valence electrons. The lowest BCUT2D eigenvalue weighted by atomic mass is 10.0. The standard InChI is InChI=1S/C18H22N4O2/c1-21(2)18-14-11-22(16(23)12-24-3)10-9-15(14)19-17(20-18)13-7-5-4-6-8-13/h4-8H,9-12H2,1-3H3. The lowest BCUT2D eigenvalue weighted by molar-refractivity contribution is -0.136. The Morgan fingerprint density at radius 3 is 2.67 bits per heavy atom. The van der Waals surface area contributed by atoms with Gasteiger partial charge in [-0.25, -0.2) is 9.97 Å². The van der Waals surface area contributed by atoms with Crippen LogP contribution in [0.2, 0.25) is 0 Å². The minimum atomic E-state index is -0.00000738. The van der Waals surface area contributed by atoms with Crippen LogP contribution in [0.25, 0.3) is 11.4 Å². The molecule has 0 fully saturated rings. The highest BCUT2D eigenvalue weighted by Gasteiger charge is 2.26. The first kappa shape index (κ1) is 16.4. The van der Waals surface area contributed by atoms with Crippen molar-refractivity contribution in [1.82, 2.24) is 14.9 Å². The molecule has 1 aliphatic rings. The van der Waals surface area contributed by atoms with Gasteiger partial charge in [0.15, 0.2) is 5.82 Å². The summed E-state index contributed by atoms with van der Waals surface area (Å²) < 4.78 is 4.97. The van der Waals surface area contributed by atoms with Crippen LogP contribution in [0, 0.1) is 0 Å². The fourth-order valence-corrected chi connectivity index (χ4v) is 2.91. The number of hydrogen-bond donors (Lipinski definition) is 0. The number of ether oxygens (including phenoxy) is 1. The number of fused-ring (bicyclic) bond motifs is 1. The van der Waals surface area contributed by atoms with E-state index in [1.807, 2.05) is 54.2 Å². The Kier molecular flexibility index (Phi) is 4.76. The van der Waals surface area contributed by atoms with Gasteiger partial charge in [-0.05, 0) is 0 Å². The Morgan fingerprint density at radius 1 is 1.25 bits per heavy atom. The third-order valence-corrected chi connectivity index (χ3v) is 4.11. The molecule has 2 heterocycles. The Bertz CT molecular complexity index is 731. The van der Waals surface area contributed by atoms with Crippen molar-refractivity contribution in [2.45, 2.75) is 13.0 Å². The van der Waals surface area contributed by atoms with Crippen LogP contribution in [0.5, 0.6) is 0 Å². The van der Waals surface area contributed by atoms with Gasteiger partial charge in [0, 0.05) is 45.3 Å². The van der Waals surface area contributed by atoms with Crippen molar-refractivity contribution in [2.24, 2.45) is 0 Å². The molecule has 0 spiro atoms. The van der Waals surface area contributed by atoms with E-state index in [-0.39, 0.29) is 12.5 Å². The normalized spacial score (nSPS) is 13.5. The summed E-state index contributed by atoms with van der Waals surface area (Å²) in [6.45, 7) is 1.29. The van der Waals surface area contributed by atoms with Gasteiger partial charge in [-0.1, -0.05) is 30.3 Å². The zero-order valence-electron chi connectivity index (χ0n) is 14.3. The molecule has 0 N–H and O–H groups in total. The SMILES string of the molecule is COCC(=O)N1CCc2nc(-c3ccccc3)nc(N(C)C)c2C1. The first-order chi connectivity index (χ1) is 11.6. The highest BCUT2D eigenvalue weighted by Crippen LogP contribution is 2.28. The molecule has 2 aromatic rings. The van der Waals surface area contributed by atoms with Crippen LogP contribution >= 0.6 is 0 Å². The van der Waals surface area contributed by atoms with Crippen LogP contribution in [-0.4, -0.2) is 55.1 Å². The van der Waals surface area contributed by atoms with Gasteiger partial charge in [0.25, 0.3) is 0 Å². The lowest BCUT2D eigenvalue weighted by Crippen LogP contribution is -2.39. The summed E-state index contributed by atoms with van der Waals surface area (Å²) in [4.78, 5) is 25.4. The molecule has 1 aliphatic heterocycles. The molecule has 0 unspecified atom stereocenters. The van der Waals surface area contributed by atoms with Crippen LogP contribution in [0.1, 0.15) is 11.3 Å². The predicted molar refractivity (Wildman–Crippen MR) is 92.8 cm³/mol. The van der Waals surface area contributed by atoms with Gasteiger partial charge in [0.05, 0.1) is 12.2 Å². The number of rotatable bonds is 4. The molecule has 0 aliphatic carbocycles. The van der Waals surface area contributed by atoms with Crippen LogP contribution in [-0.2, 0) is 22.5 Å². The molecular formula is C18H22N4O2. The summed E-state index contributed by atoms with van der Waals surface area (Å²) >= 11 is 0. The van der Waals surface area contributed by atoms with Crippen molar-refractivity contribution >= 4 is 11.7 Å². The summed E-state index contributed by atoms with van der Waals surface area (Å²) in [5, 5.41) is 0. The van der Waals surface area contributed by atoms with Crippen LogP contribution in [0.3, 0.4) is 0 Å². The van der Waals surface area contributed by atoms with E-state index in [4.69, 9.17) is 14.7 Å². The summed E-state index contributed by atoms with van der Waals surface area (Å²) in [6.07, 6.45) is 0.730. The van der Waals surface area contributed by atoms with E-state index in [2.05, 4.69) is 0 Å². The zero-order valence-corrected chi connectivity index (χ0v) is 14.3. The monoisotopic (exact) mass is 326 g/mol. The second kappa shape index (κ2) is 6.97. The lowest BCUT2D eigenvalue weighted by Gasteiger charge is -2.31. The Labute approximate surface area is 142 Å². The maximum absolute atomic E-state index is 12.1. The number of carbonyl (C=O) groups excluding carboxylic acids is 1. The number of anilines is 1. The van der Waals surface area contributed by atoms with E-state index in [1.54, 1.807) is 0 Å². The first-order valence-corrected chi connectivity index (χ1v) is 7.99. The largest absolute Gasteiger partial charge is 0.375 e. The Hall–Kier alpha value is -2.47. The molecule has 1 aromatic carbocycles. The fourth-order valence-electron chi connectivity index (χ4n) is 2.91. The minimum Gasteiger partial charge on any atom is -0.375 e. The second-order valence-electron chi connectivity index (χ2n) is 6.05. The second-order valence-corrected chi connectivity index (χ2v) is 6.05. The third-order valence-electron chi connectivity index (χ3n) is 4.11. The fraction of sp³-hybridized carbons (Fsp3) is 0.389. The first-order valence-electron chi connectivity index (χ1n) is 7.99. The third kappa shape index (κ3) is 3.23. The topological polar surface area (TPSA) is 58.6 Å². The van der Waals surface area contributed by atoms with E-state index in [0.717, 1.165) is 34.9 Å². The van der Waals surface area contributed by atoms with Crippen molar-refractivity contribution in [3.63, 3.8) is 0 Å². The van der Waals surface area contributed by atoms with Crippen molar-refractivity contribution in [1.29, 1.82) is 0 Å². The number of nitrogens with zero attached hydrogens (tertiary/aromatic N) is 4. The van der Waals surface area contributed by atoms with Crippen molar-refractivity contribution < 1.29 is 9.53 Å². The summed E-state index contributed by atoms with van der Waals surface area (Å²) in [5.41, 5.74) is 3.05. The smallest absolute Gasteiger partial charge is 0.248 e. The molecule has 1 amide bonds. The molecule has 24 heavy (non-hydrogen) atoms. The van der Waals surface area contributed by atoms with E-state index in [1.165, 1.54) is 7.11 Å². The summed E-state index contributed by atoms with van der Waals surface area (Å²) in [6, 6.07) is 9.97. The molecular weight excluding hydrogens is 304 g/mol. The predicted octanol–water partition coefficient (Wildman–Crippen LogP) is 1.74. The van der Waals surface area contributed by atoms with E-state index >= 15 is 0 Å². The molecule has 3 rings (SSSR count). The van der Waals surface area contributed by atoms with Crippen LogP contribution in [0.15, 0.2) is 30.3 Å². The van der Waals surface area contributed by atoms with Gasteiger partial charge in [-0.2, -0.15) is 0 Å². The maximum atomic E-state index is 12.1. The van der Waals surface area contributed by atoms with Gasteiger partial charge in [-0.15, -0.1) is 0 Å². The number of amides is 1. The number of carbonyl (C=O) groups is 1. The van der Waals surface area contributed by atoms with E-state index in [9.17, 15) is 4.79 Å². The molecule has 0 atom stereocenters.